The van der Waals surface area contributed by atoms with E-state index in [2.05, 4.69) is 6.92 Å². The number of hydrogen-bond donors (Lipinski definition) is 1. The van der Waals surface area contributed by atoms with Gasteiger partial charge in [-0.3, -0.25) is 4.79 Å². The molecule has 1 saturated carbocycles. The van der Waals surface area contributed by atoms with Gasteiger partial charge in [0.05, 0.1) is 5.41 Å². The monoisotopic (exact) mass is 240 g/mol. The van der Waals surface area contributed by atoms with E-state index in [1.54, 1.807) is 0 Å². The summed E-state index contributed by atoms with van der Waals surface area (Å²) in [6.07, 6.45) is 7.06. The summed E-state index contributed by atoms with van der Waals surface area (Å²) in [5, 5.41) is 9.71. The number of rotatable bonds is 3. The van der Waals surface area contributed by atoms with Crippen LogP contribution in [-0.4, -0.2) is 24.3 Å². The van der Waals surface area contributed by atoms with Gasteiger partial charge in [0.2, 0.25) is 0 Å². The van der Waals surface area contributed by atoms with Crippen molar-refractivity contribution in [3.05, 3.63) is 0 Å². The summed E-state index contributed by atoms with van der Waals surface area (Å²) in [5.41, 5.74) is -0.442. The average Bonchev–Trinajstić information content (AvgIpc) is 2.39. The Morgan fingerprint density at radius 1 is 1.35 bits per heavy atom. The summed E-state index contributed by atoms with van der Waals surface area (Å²) in [5.74, 6) is 0.397. The van der Waals surface area contributed by atoms with Crippen LogP contribution in [0.2, 0.25) is 0 Å². The second-order valence-corrected chi connectivity index (χ2v) is 5.72. The smallest absolute Gasteiger partial charge is 0.309 e. The molecule has 0 spiro atoms. The summed E-state index contributed by atoms with van der Waals surface area (Å²) in [6.45, 7) is 3.68. The standard InChI is InChI=1S/C14H24O3/c1-2-11-4-3-7-14(10-11,13(15)16)12-5-8-17-9-6-12/h11-12H,2-10H2,1H3,(H,15,16). The van der Waals surface area contributed by atoms with Gasteiger partial charge >= 0.3 is 5.97 Å². The van der Waals surface area contributed by atoms with Crippen LogP contribution in [-0.2, 0) is 9.53 Å². The van der Waals surface area contributed by atoms with E-state index in [1.165, 1.54) is 6.42 Å². The molecule has 17 heavy (non-hydrogen) atoms. The van der Waals surface area contributed by atoms with E-state index in [9.17, 15) is 9.90 Å². The number of carbonyl (C=O) groups is 1. The number of carboxylic acid groups (broad SMARTS) is 1. The Kier molecular flexibility index (Phi) is 4.08. The maximum Gasteiger partial charge on any atom is 0.309 e. The van der Waals surface area contributed by atoms with Gasteiger partial charge < -0.3 is 9.84 Å². The van der Waals surface area contributed by atoms with E-state index >= 15 is 0 Å². The lowest BCUT2D eigenvalue weighted by atomic mass is 9.60. The second kappa shape index (κ2) is 5.38. The summed E-state index contributed by atoms with van der Waals surface area (Å²) in [6, 6.07) is 0. The molecule has 0 aromatic carbocycles. The molecule has 1 heterocycles. The summed E-state index contributed by atoms with van der Waals surface area (Å²) in [7, 11) is 0. The van der Waals surface area contributed by atoms with Gasteiger partial charge in [-0.1, -0.05) is 26.2 Å². The van der Waals surface area contributed by atoms with Crippen LogP contribution in [0.5, 0.6) is 0 Å². The molecule has 1 N–H and O–H groups in total. The third-order valence-electron chi connectivity index (χ3n) is 4.89. The van der Waals surface area contributed by atoms with Crippen LogP contribution in [0.15, 0.2) is 0 Å². The highest BCUT2D eigenvalue weighted by Gasteiger charge is 2.48. The van der Waals surface area contributed by atoms with Crippen LogP contribution in [0.4, 0.5) is 0 Å². The van der Waals surface area contributed by atoms with Crippen molar-refractivity contribution in [1.29, 1.82) is 0 Å². The molecule has 2 unspecified atom stereocenters. The van der Waals surface area contributed by atoms with Crippen LogP contribution in [0.25, 0.3) is 0 Å². The lowest BCUT2D eigenvalue weighted by molar-refractivity contribution is -0.160. The third-order valence-corrected chi connectivity index (χ3v) is 4.89. The Bertz CT molecular complexity index is 271. The number of aliphatic carboxylic acids is 1. The molecule has 98 valence electrons. The zero-order chi connectivity index (χ0) is 12.3. The van der Waals surface area contributed by atoms with Gasteiger partial charge in [-0.25, -0.2) is 0 Å². The fourth-order valence-corrected chi connectivity index (χ4v) is 3.76. The van der Waals surface area contributed by atoms with Crippen molar-refractivity contribution in [2.24, 2.45) is 17.3 Å². The van der Waals surface area contributed by atoms with E-state index in [4.69, 9.17) is 4.74 Å². The van der Waals surface area contributed by atoms with Gasteiger partial charge in [0.25, 0.3) is 0 Å². The van der Waals surface area contributed by atoms with Crippen LogP contribution >= 0.6 is 0 Å². The first kappa shape index (κ1) is 12.9. The topological polar surface area (TPSA) is 46.5 Å². The Balaban J connectivity index is 2.15. The van der Waals surface area contributed by atoms with Crippen LogP contribution in [0.3, 0.4) is 0 Å². The molecule has 0 aromatic heterocycles. The van der Waals surface area contributed by atoms with Crippen molar-refractivity contribution < 1.29 is 14.6 Å². The first-order valence-electron chi connectivity index (χ1n) is 7.00. The molecule has 2 atom stereocenters. The highest BCUT2D eigenvalue weighted by Crippen LogP contribution is 2.49. The molecule has 0 amide bonds. The number of ether oxygens (including phenoxy) is 1. The Morgan fingerprint density at radius 2 is 2.06 bits per heavy atom. The first-order chi connectivity index (χ1) is 8.19. The van der Waals surface area contributed by atoms with E-state index in [0.29, 0.717) is 11.8 Å². The molecule has 0 bridgehead atoms. The molecule has 0 aromatic rings. The first-order valence-corrected chi connectivity index (χ1v) is 7.00. The maximum atomic E-state index is 11.8. The molecule has 1 saturated heterocycles. The van der Waals surface area contributed by atoms with Gasteiger partial charge in [-0.15, -0.1) is 0 Å². The fraction of sp³-hybridized carbons (Fsp3) is 0.929. The van der Waals surface area contributed by atoms with Gasteiger partial charge in [0, 0.05) is 13.2 Å². The highest BCUT2D eigenvalue weighted by atomic mass is 16.5. The predicted molar refractivity (Wildman–Crippen MR) is 65.9 cm³/mol. The molecule has 3 nitrogen and oxygen atoms in total. The molecular formula is C14H24O3. The molecule has 3 heteroatoms. The predicted octanol–water partition coefficient (Wildman–Crippen LogP) is 3.08. The van der Waals surface area contributed by atoms with E-state index in [0.717, 1.165) is 51.7 Å². The van der Waals surface area contributed by atoms with Gasteiger partial charge in [-0.05, 0) is 37.5 Å². The van der Waals surface area contributed by atoms with Crippen LogP contribution in [0.1, 0.15) is 51.9 Å². The quantitative estimate of drug-likeness (QED) is 0.824. The SMILES string of the molecule is CCC1CCCC(C(=O)O)(C2CCOCC2)C1. The summed E-state index contributed by atoms with van der Waals surface area (Å²) < 4.78 is 5.38. The van der Waals surface area contributed by atoms with E-state index in [1.807, 2.05) is 0 Å². The average molecular weight is 240 g/mol. The van der Waals surface area contributed by atoms with E-state index in [-0.39, 0.29) is 0 Å². The molecular weight excluding hydrogens is 216 g/mol. The molecule has 2 aliphatic rings. The second-order valence-electron chi connectivity index (χ2n) is 5.72. The zero-order valence-electron chi connectivity index (χ0n) is 10.8. The van der Waals surface area contributed by atoms with Crippen molar-refractivity contribution in [2.45, 2.75) is 51.9 Å². The van der Waals surface area contributed by atoms with E-state index < -0.39 is 11.4 Å². The van der Waals surface area contributed by atoms with Crippen molar-refractivity contribution in [1.82, 2.24) is 0 Å². The minimum Gasteiger partial charge on any atom is -0.481 e. The van der Waals surface area contributed by atoms with Gasteiger partial charge in [-0.2, -0.15) is 0 Å². The summed E-state index contributed by atoms with van der Waals surface area (Å²) in [4.78, 5) is 11.8. The van der Waals surface area contributed by atoms with Crippen LogP contribution in [0, 0.1) is 17.3 Å². The summed E-state index contributed by atoms with van der Waals surface area (Å²) >= 11 is 0. The molecule has 0 radical (unpaired) electrons. The van der Waals surface area contributed by atoms with Crippen molar-refractivity contribution in [3.8, 4) is 0 Å². The fourth-order valence-electron chi connectivity index (χ4n) is 3.76. The van der Waals surface area contributed by atoms with Crippen molar-refractivity contribution in [3.63, 3.8) is 0 Å². The Labute approximate surface area is 104 Å². The van der Waals surface area contributed by atoms with Crippen LogP contribution < -0.4 is 0 Å². The molecule has 1 aliphatic carbocycles. The molecule has 2 rings (SSSR count). The number of carboxylic acids is 1. The van der Waals surface area contributed by atoms with Crippen molar-refractivity contribution >= 4 is 5.97 Å². The Morgan fingerprint density at radius 3 is 2.65 bits per heavy atom. The zero-order valence-corrected chi connectivity index (χ0v) is 10.8. The normalized spacial score (nSPS) is 35.7. The van der Waals surface area contributed by atoms with Gasteiger partial charge in [0.1, 0.15) is 0 Å². The Hall–Kier alpha value is -0.570. The molecule has 2 fully saturated rings. The maximum absolute atomic E-state index is 11.8. The molecule has 1 aliphatic heterocycles. The lowest BCUT2D eigenvalue weighted by Crippen LogP contribution is -2.44. The minimum atomic E-state index is -0.553. The third kappa shape index (κ3) is 2.49. The van der Waals surface area contributed by atoms with Crippen molar-refractivity contribution in [2.75, 3.05) is 13.2 Å². The lowest BCUT2D eigenvalue weighted by Gasteiger charge is -2.44. The van der Waals surface area contributed by atoms with Gasteiger partial charge in [0.15, 0.2) is 0 Å². The highest BCUT2D eigenvalue weighted by molar-refractivity contribution is 5.75. The minimum absolute atomic E-state index is 0.336. The largest absolute Gasteiger partial charge is 0.481 e. The number of hydrogen-bond acceptors (Lipinski definition) is 2.